The molecular weight excluding hydrogens is 425 g/mol. The van der Waals surface area contributed by atoms with Crippen LogP contribution in [0.25, 0.3) is 11.0 Å². The van der Waals surface area contributed by atoms with Crippen molar-refractivity contribution in [3.63, 3.8) is 0 Å². The average molecular weight is 449 g/mol. The number of rotatable bonds is 7. The fourth-order valence-corrected chi connectivity index (χ4v) is 3.85. The summed E-state index contributed by atoms with van der Waals surface area (Å²) in [7, 11) is 0. The first-order chi connectivity index (χ1) is 15.9. The number of hydrogen-bond acceptors (Lipinski definition) is 4. The summed E-state index contributed by atoms with van der Waals surface area (Å²) in [5, 5.41) is 7.15. The molecule has 0 bridgehead atoms. The average Bonchev–Trinajstić information content (AvgIpc) is 3.16. The van der Waals surface area contributed by atoms with Crippen LogP contribution in [0.15, 0.2) is 64.2 Å². The van der Waals surface area contributed by atoms with Gasteiger partial charge in [0, 0.05) is 13.1 Å². The molecule has 2 aromatic heterocycles. The number of carbonyl (C=O) groups is 1. The summed E-state index contributed by atoms with van der Waals surface area (Å²) < 4.78 is 17.1. The van der Waals surface area contributed by atoms with Crippen molar-refractivity contribution < 1.29 is 9.18 Å². The number of carbonyl (C=O) groups excluding carboxylic acids is 1. The van der Waals surface area contributed by atoms with Gasteiger partial charge in [-0.1, -0.05) is 42.5 Å². The smallest absolute Gasteiger partial charge is 0.332 e. The number of halogens is 1. The number of benzene rings is 2. The minimum absolute atomic E-state index is 0.0829. The van der Waals surface area contributed by atoms with Gasteiger partial charge in [-0.05, 0) is 37.1 Å². The molecule has 0 saturated carbocycles. The van der Waals surface area contributed by atoms with Crippen molar-refractivity contribution in [1.29, 1.82) is 0 Å². The van der Waals surface area contributed by atoms with Crippen LogP contribution in [-0.2, 0) is 31.0 Å². The van der Waals surface area contributed by atoms with Crippen molar-refractivity contribution in [3.8, 4) is 0 Å². The van der Waals surface area contributed by atoms with Gasteiger partial charge in [0.1, 0.15) is 17.9 Å². The third-order valence-electron chi connectivity index (χ3n) is 5.46. The molecule has 0 aliphatic heterocycles. The van der Waals surface area contributed by atoms with Gasteiger partial charge in [0.2, 0.25) is 5.91 Å². The van der Waals surface area contributed by atoms with E-state index in [0.717, 1.165) is 15.7 Å². The highest BCUT2D eigenvalue weighted by atomic mass is 19.1. The van der Waals surface area contributed by atoms with E-state index < -0.39 is 17.2 Å². The number of aryl methyl sites for hydroxylation is 2. The molecule has 0 atom stereocenters. The molecule has 4 rings (SSSR count). The monoisotopic (exact) mass is 449 g/mol. The highest BCUT2D eigenvalue weighted by Crippen LogP contribution is 2.14. The van der Waals surface area contributed by atoms with E-state index in [2.05, 4.69) is 10.4 Å². The minimum Gasteiger partial charge on any atom is -0.350 e. The second kappa shape index (κ2) is 9.23. The molecule has 0 saturated heterocycles. The lowest BCUT2D eigenvalue weighted by Crippen LogP contribution is -2.43. The predicted octanol–water partition coefficient (Wildman–Crippen LogP) is 2.19. The highest BCUT2D eigenvalue weighted by Gasteiger charge is 2.21. The molecule has 0 fully saturated rings. The van der Waals surface area contributed by atoms with Crippen molar-refractivity contribution in [2.75, 3.05) is 0 Å². The Bertz CT molecular complexity index is 1420. The van der Waals surface area contributed by atoms with Crippen molar-refractivity contribution in [2.24, 2.45) is 0 Å². The number of hydrogen-bond donors (Lipinski definition) is 1. The largest absolute Gasteiger partial charge is 0.350 e. The molecular formula is C24H24FN5O3. The molecule has 0 radical (unpaired) electrons. The van der Waals surface area contributed by atoms with Crippen molar-refractivity contribution in [2.45, 2.75) is 40.0 Å². The maximum atomic E-state index is 13.4. The van der Waals surface area contributed by atoms with Gasteiger partial charge in [-0.2, -0.15) is 5.10 Å². The molecule has 0 aliphatic rings. The van der Waals surface area contributed by atoms with Crippen LogP contribution < -0.4 is 16.6 Å². The lowest BCUT2D eigenvalue weighted by Gasteiger charge is -2.13. The molecule has 33 heavy (non-hydrogen) atoms. The van der Waals surface area contributed by atoms with E-state index in [1.807, 2.05) is 37.3 Å². The molecule has 4 aromatic rings. The molecule has 9 heteroatoms. The lowest BCUT2D eigenvalue weighted by molar-refractivity contribution is -0.121. The van der Waals surface area contributed by atoms with E-state index in [1.165, 1.54) is 16.7 Å². The Labute approximate surface area is 188 Å². The molecule has 0 unspecified atom stereocenters. The molecule has 0 aliphatic carbocycles. The maximum absolute atomic E-state index is 13.4. The van der Waals surface area contributed by atoms with Crippen LogP contribution in [-0.4, -0.2) is 24.8 Å². The second-order valence-electron chi connectivity index (χ2n) is 7.75. The third kappa shape index (κ3) is 4.48. The van der Waals surface area contributed by atoms with Crippen LogP contribution in [0.1, 0.15) is 23.7 Å². The predicted molar refractivity (Wildman–Crippen MR) is 122 cm³/mol. The van der Waals surface area contributed by atoms with Crippen molar-refractivity contribution in [3.05, 3.63) is 98.1 Å². The van der Waals surface area contributed by atoms with Crippen LogP contribution in [0.5, 0.6) is 0 Å². The van der Waals surface area contributed by atoms with Gasteiger partial charge in [0.25, 0.3) is 5.56 Å². The fraction of sp³-hybridized carbons (Fsp3) is 0.250. The zero-order chi connectivity index (χ0) is 23.5. The molecule has 0 spiro atoms. The van der Waals surface area contributed by atoms with E-state index in [9.17, 15) is 18.8 Å². The van der Waals surface area contributed by atoms with E-state index in [-0.39, 0.29) is 31.0 Å². The summed E-state index contributed by atoms with van der Waals surface area (Å²) in [6.45, 7) is 4.01. The Morgan fingerprint density at radius 3 is 2.33 bits per heavy atom. The highest BCUT2D eigenvalue weighted by molar-refractivity contribution is 5.81. The molecule has 1 amide bonds. The number of nitrogens with zero attached hydrogens (tertiary/aromatic N) is 4. The lowest BCUT2D eigenvalue weighted by atomic mass is 10.2. The van der Waals surface area contributed by atoms with Crippen LogP contribution in [0.2, 0.25) is 0 Å². The van der Waals surface area contributed by atoms with Gasteiger partial charge in [0.15, 0.2) is 5.52 Å². The van der Waals surface area contributed by atoms with Crippen molar-refractivity contribution >= 4 is 16.9 Å². The van der Waals surface area contributed by atoms with Crippen LogP contribution in [0.3, 0.4) is 0 Å². The Morgan fingerprint density at radius 2 is 1.67 bits per heavy atom. The van der Waals surface area contributed by atoms with Crippen molar-refractivity contribution in [1.82, 2.24) is 24.2 Å². The van der Waals surface area contributed by atoms with E-state index in [0.29, 0.717) is 17.8 Å². The van der Waals surface area contributed by atoms with Gasteiger partial charge in [0.05, 0.1) is 12.2 Å². The first-order valence-electron chi connectivity index (χ1n) is 10.6. The molecule has 2 heterocycles. The zero-order valence-electron chi connectivity index (χ0n) is 18.4. The third-order valence-corrected chi connectivity index (χ3v) is 5.46. The van der Waals surface area contributed by atoms with Gasteiger partial charge >= 0.3 is 5.69 Å². The van der Waals surface area contributed by atoms with Gasteiger partial charge in [-0.3, -0.25) is 23.4 Å². The standard InChI is InChI=1S/C24H24FN5O3/c1-3-30-22-21(16(2)27-30)28(15-20(31)26-13-17-9-11-19(25)12-10-17)24(33)29(23(22)32)14-18-7-5-4-6-8-18/h4-12H,3,13-15H2,1-2H3,(H,26,31). The van der Waals surface area contributed by atoms with E-state index in [4.69, 9.17) is 0 Å². The summed E-state index contributed by atoms with van der Waals surface area (Å²) in [5.41, 5.74) is 1.65. The molecule has 2 aromatic carbocycles. The summed E-state index contributed by atoms with van der Waals surface area (Å²) in [6.07, 6.45) is 0. The quantitative estimate of drug-likeness (QED) is 0.468. The van der Waals surface area contributed by atoms with E-state index >= 15 is 0 Å². The van der Waals surface area contributed by atoms with Gasteiger partial charge < -0.3 is 5.32 Å². The summed E-state index contributed by atoms with van der Waals surface area (Å²) in [6, 6.07) is 15.0. The fourth-order valence-electron chi connectivity index (χ4n) is 3.85. The van der Waals surface area contributed by atoms with Gasteiger partial charge in [-0.15, -0.1) is 0 Å². The van der Waals surface area contributed by atoms with Crippen LogP contribution in [0, 0.1) is 12.7 Å². The second-order valence-corrected chi connectivity index (χ2v) is 7.75. The maximum Gasteiger partial charge on any atom is 0.332 e. The van der Waals surface area contributed by atoms with Crippen LogP contribution >= 0.6 is 0 Å². The Balaban J connectivity index is 1.73. The molecule has 170 valence electrons. The molecule has 8 nitrogen and oxygen atoms in total. The zero-order valence-corrected chi connectivity index (χ0v) is 18.4. The van der Waals surface area contributed by atoms with E-state index in [1.54, 1.807) is 23.7 Å². The number of nitrogens with one attached hydrogen (secondary N) is 1. The Morgan fingerprint density at radius 1 is 0.970 bits per heavy atom. The normalized spacial score (nSPS) is 11.1. The first-order valence-corrected chi connectivity index (χ1v) is 10.6. The molecule has 1 N–H and O–H groups in total. The topological polar surface area (TPSA) is 90.9 Å². The first kappa shape index (κ1) is 22.2. The van der Waals surface area contributed by atoms with Gasteiger partial charge in [-0.25, -0.2) is 9.18 Å². The summed E-state index contributed by atoms with van der Waals surface area (Å²) in [4.78, 5) is 39.4. The Kier molecular flexibility index (Phi) is 6.21. The summed E-state index contributed by atoms with van der Waals surface area (Å²) in [5.74, 6) is -0.764. The minimum atomic E-state index is -0.577. The SMILES string of the molecule is CCn1nc(C)c2c1c(=O)n(Cc1ccccc1)c(=O)n2CC(=O)NCc1ccc(F)cc1. The number of aromatic nitrogens is 4. The van der Waals surface area contributed by atoms with Crippen LogP contribution in [0.4, 0.5) is 4.39 Å². The number of fused-ring (bicyclic) bond motifs is 1. The summed E-state index contributed by atoms with van der Waals surface area (Å²) >= 11 is 0. The Hall–Kier alpha value is -4.01. The number of amides is 1.